The van der Waals surface area contributed by atoms with Crippen molar-refractivity contribution >= 4 is 5.97 Å². The number of ether oxygens (including phenoxy) is 1. The van der Waals surface area contributed by atoms with Crippen molar-refractivity contribution in [3.8, 4) is 6.07 Å². The number of rotatable bonds is 3. The smallest absolute Gasteiger partial charge is 0.323 e. The van der Waals surface area contributed by atoms with E-state index in [0.717, 1.165) is 19.3 Å². The van der Waals surface area contributed by atoms with Crippen molar-refractivity contribution in [3.63, 3.8) is 0 Å². The quantitative estimate of drug-likeness (QED) is 0.721. The topological polar surface area (TPSA) is 50.1 Å². The zero-order valence-corrected chi connectivity index (χ0v) is 12.2. The highest BCUT2D eigenvalue weighted by Crippen LogP contribution is 2.52. The molecule has 0 N–H and O–H groups in total. The van der Waals surface area contributed by atoms with E-state index in [-0.39, 0.29) is 16.8 Å². The van der Waals surface area contributed by atoms with Gasteiger partial charge in [-0.05, 0) is 42.9 Å². The van der Waals surface area contributed by atoms with E-state index in [9.17, 15) is 10.1 Å². The van der Waals surface area contributed by atoms with Gasteiger partial charge in [-0.2, -0.15) is 5.26 Å². The number of carbonyl (C=O) groups is 1. The third kappa shape index (κ3) is 3.25. The Morgan fingerprint density at radius 2 is 2.06 bits per heavy atom. The summed E-state index contributed by atoms with van der Waals surface area (Å²) < 4.78 is 5.06. The standard InChI is InChI=1S/C15H25NO2/c1-6-18-13(17)12(9-16)15(5)8-11(2)7-14(3,4)10-15/h11-12H,6-8,10H2,1-5H3/t11-,12?,15+/m1/s1. The van der Waals surface area contributed by atoms with Crippen molar-refractivity contribution in [2.24, 2.45) is 22.7 Å². The highest BCUT2D eigenvalue weighted by molar-refractivity contribution is 5.76. The molecule has 0 aromatic heterocycles. The van der Waals surface area contributed by atoms with Gasteiger partial charge in [-0.15, -0.1) is 0 Å². The van der Waals surface area contributed by atoms with Crippen LogP contribution < -0.4 is 0 Å². The van der Waals surface area contributed by atoms with Crippen LogP contribution in [0, 0.1) is 34.0 Å². The maximum atomic E-state index is 12.0. The molecule has 1 rings (SSSR count). The second-order valence-electron chi connectivity index (χ2n) is 6.82. The first kappa shape index (κ1) is 15.0. The summed E-state index contributed by atoms with van der Waals surface area (Å²) in [7, 11) is 0. The maximum Gasteiger partial charge on any atom is 0.323 e. The van der Waals surface area contributed by atoms with Gasteiger partial charge in [0.25, 0.3) is 0 Å². The number of nitrogens with zero attached hydrogens (tertiary/aromatic N) is 1. The third-order valence-electron chi connectivity index (χ3n) is 3.95. The SMILES string of the molecule is CCOC(=O)C(C#N)[C@@]1(C)C[C@H](C)CC(C)(C)C1. The molecule has 3 nitrogen and oxygen atoms in total. The second kappa shape index (κ2) is 5.30. The molecule has 3 heteroatoms. The minimum atomic E-state index is -0.639. The molecule has 0 aromatic rings. The Balaban J connectivity index is 2.96. The van der Waals surface area contributed by atoms with Gasteiger partial charge >= 0.3 is 5.97 Å². The fraction of sp³-hybridized carbons (Fsp3) is 0.867. The molecule has 0 bridgehead atoms. The molecule has 102 valence electrons. The van der Waals surface area contributed by atoms with Gasteiger partial charge in [0.05, 0.1) is 12.7 Å². The summed E-state index contributed by atoms with van der Waals surface area (Å²) >= 11 is 0. The van der Waals surface area contributed by atoms with Crippen LogP contribution in [0.15, 0.2) is 0 Å². The van der Waals surface area contributed by atoms with Crippen LogP contribution in [0.25, 0.3) is 0 Å². The first-order valence-electron chi connectivity index (χ1n) is 6.80. The van der Waals surface area contributed by atoms with Crippen molar-refractivity contribution in [3.05, 3.63) is 0 Å². The van der Waals surface area contributed by atoms with Gasteiger partial charge in [0.15, 0.2) is 0 Å². The Kier molecular flexibility index (Phi) is 4.42. The summed E-state index contributed by atoms with van der Waals surface area (Å²) in [5.74, 6) is -0.448. The molecule has 18 heavy (non-hydrogen) atoms. The molecule has 1 saturated carbocycles. The van der Waals surface area contributed by atoms with Crippen LogP contribution in [-0.2, 0) is 9.53 Å². The summed E-state index contributed by atoms with van der Waals surface area (Å²) in [6, 6.07) is 2.18. The van der Waals surface area contributed by atoms with Crippen molar-refractivity contribution in [2.75, 3.05) is 6.61 Å². The Labute approximate surface area is 111 Å². The summed E-state index contributed by atoms with van der Waals surface area (Å²) in [6.45, 7) is 10.8. The Bertz CT molecular complexity index is 356. The van der Waals surface area contributed by atoms with E-state index in [4.69, 9.17) is 4.74 Å². The van der Waals surface area contributed by atoms with E-state index in [1.807, 2.05) is 0 Å². The largest absolute Gasteiger partial charge is 0.465 e. The summed E-state index contributed by atoms with van der Waals surface area (Å²) in [5.41, 5.74) is -0.0732. The van der Waals surface area contributed by atoms with Crippen molar-refractivity contribution in [1.29, 1.82) is 5.26 Å². The fourth-order valence-electron chi connectivity index (χ4n) is 3.99. The highest BCUT2D eigenvalue weighted by atomic mass is 16.5. The average Bonchev–Trinajstić information content (AvgIpc) is 2.13. The Morgan fingerprint density at radius 3 is 2.50 bits per heavy atom. The normalized spacial score (nSPS) is 32.3. The van der Waals surface area contributed by atoms with Crippen molar-refractivity contribution in [1.82, 2.24) is 0 Å². The molecule has 1 fully saturated rings. The van der Waals surface area contributed by atoms with Crippen molar-refractivity contribution < 1.29 is 9.53 Å². The molecule has 0 heterocycles. The number of hydrogen-bond acceptors (Lipinski definition) is 3. The predicted molar refractivity (Wildman–Crippen MR) is 70.6 cm³/mol. The number of nitriles is 1. The minimum Gasteiger partial charge on any atom is -0.465 e. The highest BCUT2D eigenvalue weighted by Gasteiger charge is 2.47. The molecule has 0 saturated heterocycles. The molecule has 3 atom stereocenters. The maximum absolute atomic E-state index is 12.0. The van der Waals surface area contributed by atoms with Gasteiger partial charge in [-0.1, -0.05) is 27.7 Å². The van der Waals surface area contributed by atoms with Gasteiger partial charge in [0.1, 0.15) is 5.92 Å². The monoisotopic (exact) mass is 251 g/mol. The first-order valence-corrected chi connectivity index (χ1v) is 6.80. The van der Waals surface area contributed by atoms with Crippen LogP contribution >= 0.6 is 0 Å². The van der Waals surface area contributed by atoms with Crippen LogP contribution in [0.2, 0.25) is 0 Å². The van der Waals surface area contributed by atoms with E-state index in [2.05, 4.69) is 33.8 Å². The zero-order valence-electron chi connectivity index (χ0n) is 12.2. The summed E-state index contributed by atoms with van der Waals surface area (Å²) in [4.78, 5) is 12.0. The van der Waals surface area contributed by atoms with Gasteiger partial charge in [-0.3, -0.25) is 4.79 Å². The van der Waals surface area contributed by atoms with E-state index < -0.39 is 5.92 Å². The zero-order chi connectivity index (χ0) is 14.0. The number of carbonyl (C=O) groups excluding carboxylic acids is 1. The average molecular weight is 251 g/mol. The van der Waals surface area contributed by atoms with Gasteiger partial charge < -0.3 is 4.74 Å². The van der Waals surface area contributed by atoms with Gasteiger partial charge in [0.2, 0.25) is 0 Å². The molecule has 0 aromatic carbocycles. The van der Waals surface area contributed by atoms with Crippen LogP contribution in [0.3, 0.4) is 0 Å². The lowest BCUT2D eigenvalue weighted by atomic mass is 9.57. The summed E-state index contributed by atoms with van der Waals surface area (Å²) in [5, 5.41) is 9.35. The molecule has 0 radical (unpaired) electrons. The molecular formula is C15H25NO2. The van der Waals surface area contributed by atoms with Crippen LogP contribution in [0.1, 0.15) is 53.9 Å². The number of hydrogen-bond donors (Lipinski definition) is 0. The van der Waals surface area contributed by atoms with Crippen molar-refractivity contribution in [2.45, 2.75) is 53.9 Å². The van der Waals surface area contributed by atoms with E-state index >= 15 is 0 Å². The first-order chi connectivity index (χ1) is 8.24. The lowest BCUT2D eigenvalue weighted by molar-refractivity contribution is -0.152. The van der Waals surface area contributed by atoms with Crippen LogP contribution in [0.5, 0.6) is 0 Å². The lowest BCUT2D eigenvalue weighted by Gasteiger charge is -2.47. The molecule has 0 amide bonds. The number of esters is 1. The molecule has 0 spiro atoms. The van der Waals surface area contributed by atoms with Gasteiger partial charge in [-0.25, -0.2) is 0 Å². The fourth-order valence-corrected chi connectivity index (χ4v) is 3.99. The van der Waals surface area contributed by atoms with E-state index in [1.165, 1.54) is 0 Å². The molecule has 0 aliphatic heterocycles. The third-order valence-corrected chi connectivity index (χ3v) is 3.95. The lowest BCUT2D eigenvalue weighted by Crippen LogP contribution is -2.42. The van der Waals surface area contributed by atoms with Gasteiger partial charge in [0, 0.05) is 0 Å². The summed E-state index contributed by atoms with van der Waals surface area (Å²) in [6.07, 6.45) is 2.98. The molecular weight excluding hydrogens is 226 g/mol. The minimum absolute atomic E-state index is 0.189. The van der Waals surface area contributed by atoms with E-state index in [1.54, 1.807) is 6.92 Å². The predicted octanol–water partition coefficient (Wildman–Crippen LogP) is 3.54. The Hall–Kier alpha value is -1.04. The Morgan fingerprint density at radius 1 is 1.44 bits per heavy atom. The molecule has 1 unspecified atom stereocenters. The molecule has 1 aliphatic rings. The second-order valence-corrected chi connectivity index (χ2v) is 6.82. The molecule has 1 aliphatic carbocycles. The van der Waals surface area contributed by atoms with E-state index in [0.29, 0.717) is 12.5 Å². The van der Waals surface area contributed by atoms with Crippen LogP contribution in [0.4, 0.5) is 0 Å². The van der Waals surface area contributed by atoms with Crippen LogP contribution in [-0.4, -0.2) is 12.6 Å².